The Bertz CT molecular complexity index is 1520. The van der Waals surface area contributed by atoms with Crippen LogP contribution in [-0.4, -0.2) is 31.4 Å². The minimum atomic E-state index is -0.456. The molecule has 8 heteroatoms. The molecule has 0 saturated heterocycles. The van der Waals surface area contributed by atoms with Gasteiger partial charge in [0.05, 0.1) is 24.5 Å². The van der Waals surface area contributed by atoms with E-state index < -0.39 is 11.9 Å². The van der Waals surface area contributed by atoms with Gasteiger partial charge in [0.2, 0.25) is 11.2 Å². The van der Waals surface area contributed by atoms with E-state index in [1.54, 1.807) is 31.4 Å². The number of hydrogen-bond acceptors (Lipinski definition) is 8. The zero-order valence-corrected chi connectivity index (χ0v) is 18.7. The van der Waals surface area contributed by atoms with Gasteiger partial charge in [0.15, 0.2) is 11.5 Å². The first-order valence-corrected chi connectivity index (χ1v) is 11.1. The van der Waals surface area contributed by atoms with Crippen molar-refractivity contribution >= 4 is 16.9 Å². The number of benzene rings is 3. The van der Waals surface area contributed by atoms with Crippen LogP contribution in [0.25, 0.3) is 22.1 Å². The number of ether oxygens (including phenoxy) is 4. The summed E-state index contributed by atoms with van der Waals surface area (Å²) in [5.74, 6) is 1.14. The van der Waals surface area contributed by atoms with Gasteiger partial charge in [0.25, 0.3) is 0 Å². The quantitative estimate of drug-likeness (QED) is 0.346. The van der Waals surface area contributed by atoms with Gasteiger partial charge in [0.1, 0.15) is 36.6 Å². The molecule has 8 nitrogen and oxygen atoms in total. The van der Waals surface area contributed by atoms with E-state index in [1.165, 1.54) is 18.4 Å². The molecule has 0 amide bonds. The number of rotatable bonds is 3. The average Bonchev–Trinajstić information content (AvgIpc) is 2.88. The minimum absolute atomic E-state index is 0.0539. The van der Waals surface area contributed by atoms with Crippen LogP contribution in [0.1, 0.15) is 23.5 Å². The molecule has 0 unspecified atom stereocenters. The zero-order chi connectivity index (χ0) is 24.1. The highest BCUT2D eigenvalue weighted by molar-refractivity contribution is 5.90. The predicted molar refractivity (Wildman–Crippen MR) is 126 cm³/mol. The lowest BCUT2D eigenvalue weighted by atomic mass is 9.84. The molecule has 0 aliphatic carbocycles. The highest BCUT2D eigenvalue weighted by atomic mass is 16.6. The lowest BCUT2D eigenvalue weighted by Gasteiger charge is -2.27. The summed E-state index contributed by atoms with van der Waals surface area (Å²) in [4.78, 5) is 25.9. The normalized spacial score (nSPS) is 16.5. The smallest absolute Gasteiger partial charge is 0.312 e. The summed E-state index contributed by atoms with van der Waals surface area (Å²) >= 11 is 0. The van der Waals surface area contributed by atoms with E-state index in [2.05, 4.69) is 0 Å². The van der Waals surface area contributed by atoms with Gasteiger partial charge in [-0.3, -0.25) is 9.59 Å². The van der Waals surface area contributed by atoms with Crippen molar-refractivity contribution in [3.8, 4) is 39.9 Å². The van der Waals surface area contributed by atoms with Gasteiger partial charge < -0.3 is 28.5 Å². The van der Waals surface area contributed by atoms with Crippen molar-refractivity contribution in [2.75, 3.05) is 20.3 Å². The number of hydrogen-bond donors (Lipinski definition) is 1. The summed E-state index contributed by atoms with van der Waals surface area (Å²) in [7, 11) is 1.54. The van der Waals surface area contributed by atoms with E-state index in [9.17, 15) is 14.7 Å². The van der Waals surface area contributed by atoms with Gasteiger partial charge in [-0.15, -0.1) is 0 Å². The molecule has 35 heavy (non-hydrogen) atoms. The molecule has 3 aromatic carbocycles. The van der Waals surface area contributed by atoms with Gasteiger partial charge in [-0.2, -0.15) is 0 Å². The standard InChI is InChI=1S/C27H20O8/c1-31-21-10-15(11-22-27(21)33-9-8-32-22)18-12-23(29)35-20-7-6-17-25(30)19(13-34-26(17)24(18)20)14-2-4-16(28)5-3-14/h2-7,10-11,13,18,28H,8-9,12H2,1H3/t18-/m0/s1. The third-order valence-corrected chi connectivity index (χ3v) is 6.31. The van der Waals surface area contributed by atoms with Crippen LogP contribution in [0.15, 0.2) is 64.0 Å². The van der Waals surface area contributed by atoms with Crippen LogP contribution in [-0.2, 0) is 4.79 Å². The molecule has 2 aliphatic rings. The highest BCUT2D eigenvalue weighted by Crippen LogP contribution is 2.48. The second kappa shape index (κ2) is 8.09. The Morgan fingerprint density at radius 3 is 2.57 bits per heavy atom. The topological polar surface area (TPSA) is 104 Å². The molecule has 2 aliphatic heterocycles. The molecular weight excluding hydrogens is 452 g/mol. The van der Waals surface area contributed by atoms with Crippen LogP contribution in [0.2, 0.25) is 0 Å². The van der Waals surface area contributed by atoms with Crippen LogP contribution < -0.4 is 24.4 Å². The van der Waals surface area contributed by atoms with E-state index in [-0.39, 0.29) is 17.6 Å². The number of aromatic hydroxyl groups is 1. The zero-order valence-electron chi connectivity index (χ0n) is 18.7. The van der Waals surface area contributed by atoms with Crippen LogP contribution in [0.4, 0.5) is 0 Å². The van der Waals surface area contributed by atoms with E-state index in [0.29, 0.717) is 63.9 Å². The minimum Gasteiger partial charge on any atom is -0.508 e. The molecule has 0 saturated carbocycles. The van der Waals surface area contributed by atoms with Crippen molar-refractivity contribution in [3.05, 3.63) is 76.1 Å². The van der Waals surface area contributed by atoms with Crippen LogP contribution in [0.5, 0.6) is 28.7 Å². The van der Waals surface area contributed by atoms with Crippen LogP contribution in [0.3, 0.4) is 0 Å². The Hall–Kier alpha value is -4.46. The fraction of sp³-hybridized carbons (Fsp3) is 0.185. The van der Waals surface area contributed by atoms with Crippen molar-refractivity contribution in [2.24, 2.45) is 0 Å². The monoisotopic (exact) mass is 472 g/mol. The Kier molecular flexibility index (Phi) is 4.88. The van der Waals surface area contributed by atoms with Crippen LogP contribution >= 0.6 is 0 Å². The fourth-order valence-corrected chi connectivity index (χ4v) is 4.67. The summed E-state index contributed by atoms with van der Waals surface area (Å²) in [6, 6.07) is 13.2. The fourth-order valence-electron chi connectivity index (χ4n) is 4.67. The van der Waals surface area contributed by atoms with Crippen molar-refractivity contribution in [2.45, 2.75) is 12.3 Å². The SMILES string of the molecule is COc1cc([C@@H]2CC(=O)Oc3ccc4c(=O)c(-c5ccc(O)cc5)coc4c32)cc2c1OCCO2. The summed E-state index contributed by atoms with van der Waals surface area (Å²) in [5, 5.41) is 9.94. The number of methoxy groups -OCH3 is 1. The molecule has 176 valence electrons. The summed E-state index contributed by atoms with van der Waals surface area (Å²) in [5.41, 5.74) is 2.46. The number of fused-ring (bicyclic) bond motifs is 4. The van der Waals surface area contributed by atoms with Crippen LogP contribution in [0, 0.1) is 0 Å². The maximum Gasteiger partial charge on any atom is 0.312 e. The van der Waals surface area contributed by atoms with Gasteiger partial charge in [0, 0.05) is 11.5 Å². The molecule has 0 spiro atoms. The average molecular weight is 472 g/mol. The number of phenolic OH excluding ortho intramolecular Hbond substituents is 1. The molecule has 1 aromatic heterocycles. The van der Waals surface area contributed by atoms with Crippen molar-refractivity contribution < 1.29 is 33.3 Å². The Labute approximate surface area is 199 Å². The number of carbonyl (C=O) groups excluding carboxylic acids is 1. The Morgan fingerprint density at radius 2 is 1.77 bits per heavy atom. The maximum atomic E-state index is 13.4. The molecule has 6 rings (SSSR count). The summed E-state index contributed by atoms with van der Waals surface area (Å²) in [6.45, 7) is 0.821. The first-order chi connectivity index (χ1) is 17.0. The van der Waals surface area contributed by atoms with Crippen molar-refractivity contribution in [1.29, 1.82) is 0 Å². The first kappa shape index (κ1) is 21.1. The first-order valence-electron chi connectivity index (χ1n) is 11.1. The largest absolute Gasteiger partial charge is 0.508 e. The molecular formula is C27H20O8. The predicted octanol–water partition coefficient (Wildman–Crippen LogP) is 4.39. The Morgan fingerprint density at radius 1 is 0.971 bits per heavy atom. The summed E-state index contributed by atoms with van der Waals surface area (Å²) in [6.07, 6.45) is 1.45. The highest BCUT2D eigenvalue weighted by Gasteiger charge is 2.34. The molecule has 0 radical (unpaired) electrons. The van der Waals surface area contributed by atoms with Gasteiger partial charge >= 0.3 is 5.97 Å². The second-order valence-corrected chi connectivity index (χ2v) is 8.36. The Balaban J connectivity index is 1.54. The molecule has 4 aromatic rings. The molecule has 3 heterocycles. The van der Waals surface area contributed by atoms with E-state index >= 15 is 0 Å². The lowest BCUT2D eigenvalue weighted by molar-refractivity contribution is -0.135. The van der Waals surface area contributed by atoms with Gasteiger partial charge in [-0.05, 0) is 47.5 Å². The third-order valence-electron chi connectivity index (χ3n) is 6.31. The maximum absolute atomic E-state index is 13.4. The second-order valence-electron chi connectivity index (χ2n) is 8.36. The number of carbonyl (C=O) groups is 1. The lowest BCUT2D eigenvalue weighted by Crippen LogP contribution is -2.22. The van der Waals surface area contributed by atoms with Crippen molar-refractivity contribution in [3.63, 3.8) is 0 Å². The molecule has 0 fully saturated rings. The number of phenols is 1. The number of esters is 1. The summed E-state index contributed by atoms with van der Waals surface area (Å²) < 4.78 is 28.6. The molecule has 0 bridgehead atoms. The van der Waals surface area contributed by atoms with Gasteiger partial charge in [-0.1, -0.05) is 12.1 Å². The molecule has 1 N–H and O–H groups in total. The third kappa shape index (κ3) is 3.45. The molecule has 1 atom stereocenters. The van der Waals surface area contributed by atoms with E-state index in [1.807, 2.05) is 12.1 Å². The van der Waals surface area contributed by atoms with E-state index in [4.69, 9.17) is 23.4 Å². The van der Waals surface area contributed by atoms with Gasteiger partial charge in [-0.25, -0.2) is 0 Å². The van der Waals surface area contributed by atoms with Crippen molar-refractivity contribution in [1.82, 2.24) is 0 Å². The van der Waals surface area contributed by atoms with E-state index in [0.717, 1.165) is 5.56 Å².